The summed E-state index contributed by atoms with van der Waals surface area (Å²) in [4.78, 5) is 31.9. The zero-order valence-corrected chi connectivity index (χ0v) is 28.3. The summed E-state index contributed by atoms with van der Waals surface area (Å²) in [6.45, 7) is 4.79. The number of nitriles is 2. The van der Waals surface area contributed by atoms with E-state index in [9.17, 15) is 20.1 Å². The number of carbonyl (C=O) groups excluding carboxylic acids is 2. The molecule has 2 N–H and O–H groups in total. The summed E-state index contributed by atoms with van der Waals surface area (Å²) in [5, 5.41) is 26.1. The molecule has 0 unspecified atom stereocenters. The van der Waals surface area contributed by atoms with Crippen LogP contribution in [0.1, 0.15) is 123 Å². The summed E-state index contributed by atoms with van der Waals surface area (Å²) in [6.07, 6.45) is 14.0. The van der Waals surface area contributed by atoms with Gasteiger partial charge < -0.3 is 10.6 Å². The van der Waals surface area contributed by atoms with Crippen molar-refractivity contribution in [2.24, 2.45) is 0 Å². The molecule has 3 aliphatic heterocycles. The Labute approximate surface area is 284 Å². The molecule has 2 fully saturated rings. The Morgan fingerprint density at radius 1 is 0.625 bits per heavy atom. The van der Waals surface area contributed by atoms with Gasteiger partial charge in [-0.1, -0.05) is 114 Å². The van der Waals surface area contributed by atoms with E-state index < -0.39 is 11.3 Å². The standard InChI is InChI=1S/C40H46N6O2/c1-3-5-7-9-11-13-29-15-19-35(20-16-29)39-40(36-21-17-30(18-22-36)14-12-10-8-6-4-2)45(37(47)43-39)27-33-23-31(25-41)32(26-42)24-34(33)28-46(40)38(48)44-39/h15-24H,3-14,27-28H2,1-2H3,(H,43,47)(H,44,48). The van der Waals surface area contributed by atoms with Crippen molar-refractivity contribution in [1.29, 1.82) is 10.5 Å². The zero-order chi connectivity index (χ0) is 33.7. The highest BCUT2D eigenvalue weighted by molar-refractivity contribution is 5.90. The lowest BCUT2D eigenvalue weighted by molar-refractivity contribution is -0.0153. The topological polar surface area (TPSA) is 112 Å². The summed E-state index contributed by atoms with van der Waals surface area (Å²) in [5.74, 6) is 0. The van der Waals surface area contributed by atoms with Gasteiger partial charge in [0.2, 0.25) is 0 Å². The van der Waals surface area contributed by atoms with E-state index in [0.717, 1.165) is 47.9 Å². The second-order valence-electron chi connectivity index (χ2n) is 13.6. The highest BCUT2D eigenvalue weighted by Crippen LogP contribution is 2.56. The largest absolute Gasteiger partial charge is 0.322 e. The Hall–Kier alpha value is -4.82. The Balaban J connectivity index is 1.42. The third-order valence-electron chi connectivity index (χ3n) is 10.5. The van der Waals surface area contributed by atoms with Gasteiger partial charge in [0.1, 0.15) is 12.1 Å². The first-order valence-corrected chi connectivity index (χ1v) is 17.8. The van der Waals surface area contributed by atoms with Gasteiger partial charge in [0.25, 0.3) is 0 Å². The van der Waals surface area contributed by atoms with E-state index in [1.54, 1.807) is 21.9 Å². The van der Waals surface area contributed by atoms with Crippen molar-refractivity contribution in [3.8, 4) is 12.1 Å². The van der Waals surface area contributed by atoms with Crippen molar-refractivity contribution in [3.63, 3.8) is 0 Å². The van der Waals surface area contributed by atoms with E-state index in [1.807, 2.05) is 12.1 Å². The first-order valence-electron chi connectivity index (χ1n) is 17.8. The number of urea groups is 2. The van der Waals surface area contributed by atoms with E-state index in [4.69, 9.17) is 0 Å². The summed E-state index contributed by atoms with van der Waals surface area (Å²) in [7, 11) is 0. The number of rotatable bonds is 14. The van der Waals surface area contributed by atoms with Crippen molar-refractivity contribution < 1.29 is 9.59 Å². The summed E-state index contributed by atoms with van der Waals surface area (Å²) in [6, 6.07) is 23.8. The fourth-order valence-electron chi connectivity index (χ4n) is 7.95. The molecule has 0 aliphatic carbocycles. The minimum Gasteiger partial charge on any atom is -0.307 e. The minimum absolute atomic E-state index is 0.170. The number of amides is 4. The summed E-state index contributed by atoms with van der Waals surface area (Å²) < 4.78 is 0. The smallest absolute Gasteiger partial charge is 0.307 e. The van der Waals surface area contributed by atoms with Crippen LogP contribution in [0.4, 0.5) is 9.59 Å². The van der Waals surface area contributed by atoms with Crippen molar-refractivity contribution >= 4 is 12.1 Å². The van der Waals surface area contributed by atoms with E-state index in [2.05, 4.69) is 73.0 Å². The Bertz CT molecular complexity index is 1670. The predicted octanol–water partition coefficient (Wildman–Crippen LogP) is 8.23. The molecular weight excluding hydrogens is 596 g/mol. The quantitative estimate of drug-likeness (QED) is 0.173. The summed E-state index contributed by atoms with van der Waals surface area (Å²) >= 11 is 0. The SMILES string of the molecule is CCCCCCCc1ccc(C23NC(=O)N4Cc5cc(C#N)c(C#N)cc5CN(C(=O)N2)C43c2ccc(CCCCCCC)cc2)cc1. The number of nitrogens with zero attached hydrogens (tertiary/aromatic N) is 4. The Morgan fingerprint density at radius 3 is 1.46 bits per heavy atom. The predicted molar refractivity (Wildman–Crippen MR) is 185 cm³/mol. The average molecular weight is 643 g/mol. The first-order chi connectivity index (χ1) is 23.4. The third kappa shape index (κ3) is 5.68. The maximum atomic E-state index is 14.2. The summed E-state index contributed by atoms with van der Waals surface area (Å²) in [5.41, 5.74) is 3.57. The number of unbranched alkanes of at least 4 members (excludes halogenated alkanes) is 8. The van der Waals surface area contributed by atoms with E-state index in [0.29, 0.717) is 0 Å². The van der Waals surface area contributed by atoms with Gasteiger partial charge in [0.15, 0.2) is 11.3 Å². The molecule has 0 atom stereocenters. The molecule has 2 saturated heterocycles. The van der Waals surface area contributed by atoms with E-state index in [1.165, 1.54) is 62.5 Å². The van der Waals surface area contributed by atoms with Crippen molar-refractivity contribution in [3.05, 3.63) is 105 Å². The van der Waals surface area contributed by atoms with Gasteiger partial charge in [-0.25, -0.2) is 9.59 Å². The van der Waals surface area contributed by atoms with Crippen LogP contribution in [-0.2, 0) is 37.3 Å². The van der Waals surface area contributed by atoms with Crippen molar-refractivity contribution in [2.45, 2.75) is 115 Å². The first kappa shape index (κ1) is 33.1. The van der Waals surface area contributed by atoms with Crippen molar-refractivity contribution in [2.75, 3.05) is 0 Å². The molecule has 3 aromatic carbocycles. The van der Waals surface area contributed by atoms with Gasteiger partial charge in [0.05, 0.1) is 24.2 Å². The highest BCUT2D eigenvalue weighted by atomic mass is 16.2. The molecule has 8 heteroatoms. The molecule has 0 aromatic heterocycles. The molecular formula is C40H46N6O2. The number of benzene rings is 3. The second kappa shape index (κ2) is 14.1. The normalized spacial score (nSPS) is 20.8. The molecule has 3 aromatic rings. The van der Waals surface area contributed by atoms with Gasteiger partial charge in [-0.3, -0.25) is 9.80 Å². The van der Waals surface area contributed by atoms with Crippen LogP contribution >= 0.6 is 0 Å². The molecule has 48 heavy (non-hydrogen) atoms. The Morgan fingerprint density at radius 2 is 1.04 bits per heavy atom. The fraction of sp³-hybridized carbons (Fsp3) is 0.450. The number of hydrogen-bond donors (Lipinski definition) is 2. The van der Waals surface area contributed by atoms with Gasteiger partial charge >= 0.3 is 12.1 Å². The van der Waals surface area contributed by atoms with Crippen LogP contribution in [0.15, 0.2) is 60.7 Å². The van der Waals surface area contributed by atoms with Crippen LogP contribution in [0.25, 0.3) is 0 Å². The highest BCUT2D eigenvalue weighted by Gasteiger charge is 2.74. The Kier molecular flexibility index (Phi) is 9.73. The molecule has 0 spiro atoms. The van der Waals surface area contributed by atoms with Crippen LogP contribution < -0.4 is 10.6 Å². The second-order valence-corrected chi connectivity index (χ2v) is 13.6. The molecule has 3 aliphatic rings. The number of hydrogen-bond acceptors (Lipinski definition) is 4. The van der Waals surface area contributed by atoms with Crippen LogP contribution in [0, 0.1) is 22.7 Å². The van der Waals surface area contributed by atoms with Gasteiger partial charge in [0, 0.05) is 11.1 Å². The van der Waals surface area contributed by atoms with Gasteiger partial charge in [-0.05, 0) is 60.1 Å². The lowest BCUT2D eigenvalue weighted by atomic mass is 9.80. The van der Waals surface area contributed by atoms with Gasteiger partial charge in [-0.2, -0.15) is 10.5 Å². The molecule has 8 nitrogen and oxygen atoms in total. The lowest BCUT2D eigenvalue weighted by Crippen LogP contribution is -2.61. The molecule has 0 saturated carbocycles. The van der Waals surface area contributed by atoms with Crippen LogP contribution in [-0.4, -0.2) is 21.9 Å². The minimum atomic E-state index is -1.28. The number of nitrogens with one attached hydrogen (secondary N) is 2. The number of carbonyl (C=O) groups is 2. The lowest BCUT2D eigenvalue weighted by Gasteiger charge is -2.46. The maximum absolute atomic E-state index is 14.2. The average Bonchev–Trinajstić information content (AvgIpc) is 3.40. The molecule has 0 bridgehead atoms. The third-order valence-corrected chi connectivity index (χ3v) is 10.5. The molecule has 248 valence electrons. The fourth-order valence-corrected chi connectivity index (χ4v) is 7.95. The van der Waals surface area contributed by atoms with Crippen molar-refractivity contribution in [1.82, 2.24) is 20.4 Å². The van der Waals surface area contributed by atoms with Crippen LogP contribution in [0.5, 0.6) is 0 Å². The number of aryl methyl sites for hydroxylation is 2. The van der Waals surface area contributed by atoms with Crippen LogP contribution in [0.2, 0.25) is 0 Å². The zero-order valence-electron chi connectivity index (χ0n) is 28.3. The van der Waals surface area contributed by atoms with Gasteiger partial charge in [-0.15, -0.1) is 0 Å². The maximum Gasteiger partial charge on any atom is 0.322 e. The molecule has 0 radical (unpaired) electrons. The molecule has 3 heterocycles. The molecule has 4 amide bonds. The van der Waals surface area contributed by atoms with E-state index in [-0.39, 0.29) is 36.3 Å². The van der Waals surface area contributed by atoms with Crippen LogP contribution in [0.3, 0.4) is 0 Å². The number of fused-ring (bicyclic) bond motifs is 1. The molecule has 6 rings (SSSR count). The van der Waals surface area contributed by atoms with E-state index >= 15 is 0 Å². The monoisotopic (exact) mass is 642 g/mol.